The highest BCUT2D eigenvalue weighted by Gasteiger charge is 2.17. The summed E-state index contributed by atoms with van der Waals surface area (Å²) in [5, 5.41) is 2.73. The molecule has 0 fully saturated rings. The summed E-state index contributed by atoms with van der Waals surface area (Å²) < 4.78 is 2.34. The fourth-order valence-electron chi connectivity index (χ4n) is 3.88. The van der Waals surface area contributed by atoms with E-state index in [-0.39, 0.29) is 0 Å². The monoisotopic (exact) mass is 310 g/mol. The highest BCUT2D eigenvalue weighted by atomic mass is 15.0. The molecule has 0 atom stereocenters. The molecular formula is C22H18N2. The van der Waals surface area contributed by atoms with E-state index in [2.05, 4.69) is 70.2 Å². The van der Waals surface area contributed by atoms with Gasteiger partial charge in [0.2, 0.25) is 0 Å². The molecule has 0 saturated carbocycles. The number of aryl methyl sites for hydroxylation is 2. The van der Waals surface area contributed by atoms with Gasteiger partial charge in [0.25, 0.3) is 0 Å². The van der Waals surface area contributed by atoms with Gasteiger partial charge in [0.1, 0.15) is 0 Å². The van der Waals surface area contributed by atoms with Crippen molar-refractivity contribution >= 4 is 27.9 Å². The molecule has 0 amide bonds. The molecule has 0 bridgehead atoms. The van der Waals surface area contributed by atoms with Crippen LogP contribution >= 0.6 is 0 Å². The molecule has 0 saturated heterocycles. The van der Waals surface area contributed by atoms with Gasteiger partial charge in [-0.15, -0.1) is 0 Å². The van der Waals surface area contributed by atoms with Crippen LogP contribution in [0.3, 0.4) is 0 Å². The van der Waals surface area contributed by atoms with Gasteiger partial charge in [0.15, 0.2) is 0 Å². The molecule has 2 aromatic carbocycles. The van der Waals surface area contributed by atoms with Crippen molar-refractivity contribution < 1.29 is 0 Å². The van der Waals surface area contributed by atoms with Crippen LogP contribution in [0.2, 0.25) is 0 Å². The van der Waals surface area contributed by atoms with Crippen molar-refractivity contribution in [3.05, 3.63) is 77.6 Å². The number of nitrogens with zero attached hydrogens (tertiary/aromatic N) is 2. The molecule has 1 aliphatic rings. The van der Waals surface area contributed by atoms with Crippen LogP contribution < -0.4 is 0 Å². The Morgan fingerprint density at radius 3 is 2.75 bits per heavy atom. The fourth-order valence-corrected chi connectivity index (χ4v) is 3.88. The standard InChI is InChI=1S/C22H18N2/c1-15-10-12-17(14-23-15)24-20-9-5-4-8-19(20)22-18-7-3-2-6-16(18)11-13-21(22)24/h2,4-6,8-14H,3,7H2,1H3. The number of hydrogen-bond acceptors (Lipinski definition) is 1. The summed E-state index contributed by atoms with van der Waals surface area (Å²) in [5.41, 5.74) is 7.53. The lowest BCUT2D eigenvalue weighted by molar-refractivity contribution is 0.997. The minimum Gasteiger partial charge on any atom is -0.308 e. The highest BCUT2D eigenvalue weighted by Crippen LogP contribution is 2.37. The van der Waals surface area contributed by atoms with Crippen molar-refractivity contribution in [1.82, 2.24) is 9.55 Å². The molecule has 0 radical (unpaired) electrons. The number of aromatic nitrogens is 2. The number of para-hydroxylation sites is 1. The first kappa shape index (κ1) is 13.6. The van der Waals surface area contributed by atoms with Crippen molar-refractivity contribution in [2.45, 2.75) is 19.8 Å². The summed E-state index contributed by atoms with van der Waals surface area (Å²) >= 11 is 0. The second kappa shape index (κ2) is 5.07. The maximum atomic E-state index is 4.50. The number of allylic oxidation sites excluding steroid dienone is 1. The van der Waals surface area contributed by atoms with Crippen molar-refractivity contribution in [1.29, 1.82) is 0 Å². The minimum absolute atomic E-state index is 1.04. The molecule has 5 rings (SSSR count). The van der Waals surface area contributed by atoms with Gasteiger partial charge in [-0.05, 0) is 55.2 Å². The van der Waals surface area contributed by atoms with Crippen LogP contribution in [0.25, 0.3) is 33.6 Å². The topological polar surface area (TPSA) is 17.8 Å². The zero-order valence-electron chi connectivity index (χ0n) is 13.7. The molecule has 0 N–H and O–H groups in total. The van der Waals surface area contributed by atoms with Gasteiger partial charge in [-0.25, -0.2) is 0 Å². The fraction of sp³-hybridized carbons (Fsp3) is 0.136. The number of pyridine rings is 1. The Kier molecular flexibility index (Phi) is 2.86. The van der Waals surface area contributed by atoms with Crippen LogP contribution in [0.1, 0.15) is 23.2 Å². The zero-order valence-corrected chi connectivity index (χ0v) is 13.7. The largest absolute Gasteiger partial charge is 0.308 e. The molecule has 4 aromatic rings. The molecule has 0 spiro atoms. The van der Waals surface area contributed by atoms with Crippen LogP contribution in [0.4, 0.5) is 0 Å². The summed E-state index contributed by atoms with van der Waals surface area (Å²) in [6, 6.07) is 17.5. The maximum Gasteiger partial charge on any atom is 0.0645 e. The summed E-state index contributed by atoms with van der Waals surface area (Å²) in [6.07, 6.45) is 8.75. The van der Waals surface area contributed by atoms with E-state index in [1.165, 1.54) is 32.9 Å². The lowest BCUT2D eigenvalue weighted by Gasteiger charge is -2.13. The lowest BCUT2D eigenvalue weighted by atomic mass is 9.93. The highest BCUT2D eigenvalue weighted by molar-refractivity contribution is 6.11. The number of benzene rings is 2. The zero-order chi connectivity index (χ0) is 16.1. The number of rotatable bonds is 1. The van der Waals surface area contributed by atoms with E-state index in [1.807, 2.05) is 13.1 Å². The second-order valence-electron chi connectivity index (χ2n) is 6.48. The van der Waals surface area contributed by atoms with E-state index < -0.39 is 0 Å². The van der Waals surface area contributed by atoms with Crippen LogP contribution in [0.15, 0.2) is 60.8 Å². The Balaban J connectivity index is 1.95. The Hall–Kier alpha value is -2.87. The average Bonchev–Trinajstić information content (AvgIpc) is 2.97. The minimum atomic E-state index is 1.04. The van der Waals surface area contributed by atoms with Crippen LogP contribution in [-0.2, 0) is 6.42 Å². The van der Waals surface area contributed by atoms with Crippen molar-refractivity contribution in [3.8, 4) is 5.69 Å². The Bertz CT molecular complexity index is 1100. The van der Waals surface area contributed by atoms with E-state index in [1.54, 1.807) is 0 Å². The van der Waals surface area contributed by atoms with Crippen LogP contribution in [0.5, 0.6) is 0 Å². The third kappa shape index (κ3) is 1.86. The molecule has 0 aliphatic heterocycles. The SMILES string of the molecule is Cc1ccc(-n2c3ccccc3c3c4c(ccc32)C=CCC4)cn1. The molecule has 2 heterocycles. The number of hydrogen-bond donors (Lipinski definition) is 0. The Labute approximate surface area is 141 Å². The average molecular weight is 310 g/mol. The lowest BCUT2D eigenvalue weighted by Crippen LogP contribution is -1.97. The summed E-state index contributed by atoms with van der Waals surface area (Å²) in [6.45, 7) is 2.03. The van der Waals surface area contributed by atoms with Gasteiger partial charge in [0, 0.05) is 16.5 Å². The molecule has 1 aliphatic carbocycles. The predicted molar refractivity (Wildman–Crippen MR) is 101 cm³/mol. The first-order valence-corrected chi connectivity index (χ1v) is 8.47. The van der Waals surface area contributed by atoms with Crippen LogP contribution in [0, 0.1) is 6.92 Å². The van der Waals surface area contributed by atoms with Gasteiger partial charge in [-0.3, -0.25) is 4.98 Å². The van der Waals surface area contributed by atoms with Crippen molar-refractivity contribution in [2.75, 3.05) is 0 Å². The third-order valence-corrected chi connectivity index (χ3v) is 4.99. The van der Waals surface area contributed by atoms with E-state index in [0.29, 0.717) is 0 Å². The first-order valence-electron chi connectivity index (χ1n) is 8.47. The van der Waals surface area contributed by atoms with Gasteiger partial charge in [0.05, 0.1) is 22.9 Å². The van der Waals surface area contributed by atoms with Gasteiger partial charge < -0.3 is 4.57 Å². The van der Waals surface area contributed by atoms with Crippen molar-refractivity contribution in [2.24, 2.45) is 0 Å². The van der Waals surface area contributed by atoms with Gasteiger partial charge >= 0.3 is 0 Å². The van der Waals surface area contributed by atoms with Gasteiger partial charge in [-0.1, -0.05) is 36.4 Å². The Morgan fingerprint density at radius 2 is 1.88 bits per heavy atom. The van der Waals surface area contributed by atoms with E-state index in [9.17, 15) is 0 Å². The Morgan fingerprint density at radius 1 is 0.958 bits per heavy atom. The quantitative estimate of drug-likeness (QED) is 0.457. The molecule has 0 unspecified atom stereocenters. The summed E-state index contributed by atoms with van der Waals surface area (Å²) in [5.74, 6) is 0. The van der Waals surface area contributed by atoms with E-state index >= 15 is 0 Å². The van der Waals surface area contributed by atoms with E-state index in [4.69, 9.17) is 0 Å². The van der Waals surface area contributed by atoms with Crippen LogP contribution in [-0.4, -0.2) is 9.55 Å². The number of fused-ring (bicyclic) bond motifs is 5. The van der Waals surface area contributed by atoms with Crippen molar-refractivity contribution in [3.63, 3.8) is 0 Å². The molecule has 2 heteroatoms. The normalized spacial score (nSPS) is 13.5. The summed E-state index contributed by atoms with van der Waals surface area (Å²) in [4.78, 5) is 4.50. The van der Waals surface area contributed by atoms with Gasteiger partial charge in [-0.2, -0.15) is 0 Å². The summed E-state index contributed by atoms with van der Waals surface area (Å²) in [7, 11) is 0. The molecule has 2 nitrogen and oxygen atoms in total. The first-order chi connectivity index (χ1) is 11.8. The maximum absolute atomic E-state index is 4.50. The molecule has 2 aromatic heterocycles. The second-order valence-corrected chi connectivity index (χ2v) is 6.48. The molecule has 24 heavy (non-hydrogen) atoms. The molecular weight excluding hydrogens is 292 g/mol. The third-order valence-electron chi connectivity index (χ3n) is 4.99. The van der Waals surface area contributed by atoms with E-state index in [0.717, 1.165) is 24.2 Å². The predicted octanol–water partition coefficient (Wildman–Crippen LogP) is 5.45. The molecule has 116 valence electrons. The smallest absolute Gasteiger partial charge is 0.0645 e.